The zero-order valence-electron chi connectivity index (χ0n) is 15.5. The molecule has 0 aliphatic carbocycles. The van der Waals surface area contributed by atoms with E-state index in [9.17, 15) is 18.0 Å². The van der Waals surface area contributed by atoms with Gasteiger partial charge in [-0.15, -0.1) is 0 Å². The van der Waals surface area contributed by atoms with Gasteiger partial charge in [0.25, 0.3) is 5.91 Å². The zero-order valence-corrected chi connectivity index (χ0v) is 15.5. The number of rotatable bonds is 4. The Bertz CT molecular complexity index is 1080. The second-order valence-corrected chi connectivity index (χ2v) is 6.64. The van der Waals surface area contributed by atoms with Crippen LogP contribution in [0.25, 0.3) is 5.69 Å². The maximum absolute atomic E-state index is 13.3. The van der Waals surface area contributed by atoms with E-state index in [-0.39, 0.29) is 18.1 Å². The lowest BCUT2D eigenvalue weighted by molar-refractivity contribution is -0.138. The number of carbonyl (C=O) groups excluding carboxylic acids is 1. The second kappa shape index (κ2) is 7.23. The Morgan fingerprint density at radius 1 is 1.24 bits per heavy atom. The Balaban J connectivity index is 1.65. The third-order valence-corrected chi connectivity index (χ3v) is 4.76. The summed E-state index contributed by atoms with van der Waals surface area (Å²) in [6.07, 6.45) is -0.554. The first-order valence-electron chi connectivity index (χ1n) is 8.91. The van der Waals surface area contributed by atoms with Crippen molar-refractivity contribution >= 4 is 5.91 Å². The predicted molar refractivity (Wildman–Crippen MR) is 98.2 cm³/mol. The molecule has 1 aliphatic rings. The molecule has 1 aromatic carbocycles. The quantitative estimate of drug-likeness (QED) is 0.728. The lowest BCUT2D eigenvalue weighted by Crippen LogP contribution is -2.32. The van der Waals surface area contributed by atoms with Crippen molar-refractivity contribution in [2.45, 2.75) is 19.0 Å². The fraction of sp³-hybridized carbons (Fsp3) is 0.250. The number of ether oxygens (including phenoxy) is 1. The molecular formula is C20H17F3N4O2. The van der Waals surface area contributed by atoms with Gasteiger partial charge in [-0.05, 0) is 29.8 Å². The van der Waals surface area contributed by atoms with E-state index >= 15 is 0 Å². The van der Waals surface area contributed by atoms with Crippen molar-refractivity contribution in [3.63, 3.8) is 0 Å². The summed E-state index contributed by atoms with van der Waals surface area (Å²) >= 11 is 0. The van der Waals surface area contributed by atoms with Crippen LogP contribution in [0.4, 0.5) is 13.2 Å². The Morgan fingerprint density at radius 2 is 2.07 bits per heavy atom. The normalized spacial score (nSPS) is 13.7. The van der Waals surface area contributed by atoms with E-state index in [2.05, 4.69) is 15.4 Å². The minimum atomic E-state index is -4.51. The SMILES string of the molecule is COc1ccc(Cc2cc(-n3ncc4c3CCNC4=O)ccn2)cc1C(F)(F)F. The zero-order chi connectivity index (χ0) is 20.6. The van der Waals surface area contributed by atoms with Crippen LogP contribution in [0.5, 0.6) is 5.75 Å². The third kappa shape index (κ3) is 3.67. The van der Waals surface area contributed by atoms with Crippen molar-refractivity contribution in [3.8, 4) is 11.4 Å². The standard InChI is InChI=1S/C20H17F3N4O2/c1-29-18-3-2-12(9-16(18)20(21,22)23)8-13-10-14(4-6-24-13)27-17-5-7-25-19(28)15(17)11-26-27/h2-4,6,9-11H,5,7-8H2,1H3,(H,25,28). The highest BCUT2D eigenvalue weighted by Gasteiger charge is 2.34. The van der Waals surface area contributed by atoms with Crippen molar-refractivity contribution in [2.75, 3.05) is 13.7 Å². The summed E-state index contributed by atoms with van der Waals surface area (Å²) < 4.78 is 46.3. The molecule has 3 heterocycles. The molecule has 0 radical (unpaired) electrons. The molecule has 1 N–H and O–H groups in total. The first kappa shape index (κ1) is 19.0. The van der Waals surface area contributed by atoms with Gasteiger partial charge in [0.15, 0.2) is 0 Å². The molecule has 4 rings (SSSR count). The van der Waals surface area contributed by atoms with Crippen LogP contribution in [0.1, 0.15) is 32.9 Å². The van der Waals surface area contributed by atoms with Crippen molar-refractivity contribution in [3.05, 3.63) is 70.8 Å². The molecule has 0 spiro atoms. The largest absolute Gasteiger partial charge is 0.496 e. The smallest absolute Gasteiger partial charge is 0.419 e. The molecule has 0 bridgehead atoms. The number of nitrogens with one attached hydrogen (secondary N) is 1. The molecule has 29 heavy (non-hydrogen) atoms. The summed E-state index contributed by atoms with van der Waals surface area (Å²) in [7, 11) is 1.21. The van der Waals surface area contributed by atoms with Gasteiger partial charge in [0.05, 0.1) is 35.8 Å². The van der Waals surface area contributed by atoms with Crippen LogP contribution in [0.2, 0.25) is 0 Å². The highest BCUT2D eigenvalue weighted by Crippen LogP contribution is 2.37. The monoisotopic (exact) mass is 402 g/mol. The Morgan fingerprint density at radius 3 is 2.83 bits per heavy atom. The molecule has 0 saturated carbocycles. The van der Waals surface area contributed by atoms with Gasteiger partial charge >= 0.3 is 6.18 Å². The number of pyridine rings is 1. The number of halogens is 3. The number of nitrogens with zero attached hydrogens (tertiary/aromatic N) is 3. The topological polar surface area (TPSA) is 69.0 Å². The van der Waals surface area contributed by atoms with E-state index in [0.717, 1.165) is 11.8 Å². The molecule has 3 aromatic rings. The van der Waals surface area contributed by atoms with Crippen LogP contribution in [0.3, 0.4) is 0 Å². The maximum atomic E-state index is 13.3. The molecule has 0 saturated heterocycles. The van der Waals surface area contributed by atoms with Crippen LogP contribution in [0.15, 0.2) is 42.7 Å². The molecule has 0 atom stereocenters. The van der Waals surface area contributed by atoms with Crippen molar-refractivity contribution in [2.24, 2.45) is 0 Å². The van der Waals surface area contributed by atoms with Gasteiger partial charge in [0.1, 0.15) is 5.75 Å². The number of hydrogen-bond acceptors (Lipinski definition) is 4. The number of hydrogen-bond donors (Lipinski definition) is 1. The lowest BCUT2D eigenvalue weighted by Gasteiger charge is -2.15. The predicted octanol–water partition coefficient (Wildman–Crippen LogP) is 3.17. The van der Waals surface area contributed by atoms with Gasteiger partial charge < -0.3 is 10.1 Å². The summed E-state index contributed by atoms with van der Waals surface area (Å²) in [4.78, 5) is 16.2. The number of fused-ring (bicyclic) bond motifs is 1. The van der Waals surface area contributed by atoms with Crippen LogP contribution in [-0.2, 0) is 19.0 Å². The van der Waals surface area contributed by atoms with Crippen LogP contribution in [-0.4, -0.2) is 34.3 Å². The molecule has 0 fully saturated rings. The minimum Gasteiger partial charge on any atom is -0.496 e. The molecule has 1 amide bonds. The van der Waals surface area contributed by atoms with Crippen molar-refractivity contribution < 1.29 is 22.7 Å². The third-order valence-electron chi connectivity index (χ3n) is 4.76. The summed E-state index contributed by atoms with van der Waals surface area (Å²) in [6, 6.07) is 7.48. The molecule has 1 aliphatic heterocycles. The Labute approximate surface area is 164 Å². The molecule has 9 heteroatoms. The molecule has 6 nitrogen and oxygen atoms in total. The average Bonchev–Trinajstić information content (AvgIpc) is 3.13. The number of alkyl halides is 3. The number of methoxy groups -OCH3 is 1. The lowest BCUT2D eigenvalue weighted by atomic mass is 10.0. The van der Waals surface area contributed by atoms with E-state index < -0.39 is 11.7 Å². The highest BCUT2D eigenvalue weighted by molar-refractivity contribution is 5.96. The van der Waals surface area contributed by atoms with E-state index in [0.29, 0.717) is 35.5 Å². The van der Waals surface area contributed by atoms with Gasteiger partial charge in [-0.3, -0.25) is 9.78 Å². The minimum absolute atomic E-state index is 0.162. The molecular weight excluding hydrogens is 385 g/mol. The summed E-state index contributed by atoms with van der Waals surface area (Å²) in [5.41, 5.74) is 2.26. The van der Waals surface area contributed by atoms with E-state index in [1.54, 1.807) is 29.1 Å². The van der Waals surface area contributed by atoms with Gasteiger partial charge in [-0.25, -0.2) is 4.68 Å². The highest BCUT2D eigenvalue weighted by atomic mass is 19.4. The number of carbonyl (C=O) groups is 1. The van der Waals surface area contributed by atoms with Crippen LogP contribution in [0, 0.1) is 0 Å². The van der Waals surface area contributed by atoms with E-state index in [4.69, 9.17) is 4.74 Å². The van der Waals surface area contributed by atoms with Gasteiger partial charge in [-0.1, -0.05) is 6.07 Å². The van der Waals surface area contributed by atoms with Crippen molar-refractivity contribution in [1.29, 1.82) is 0 Å². The Hall–Kier alpha value is -3.36. The van der Waals surface area contributed by atoms with E-state index in [1.165, 1.54) is 19.4 Å². The first-order chi connectivity index (χ1) is 13.9. The Kier molecular flexibility index (Phi) is 4.73. The molecule has 2 aromatic heterocycles. The van der Waals surface area contributed by atoms with Crippen LogP contribution < -0.4 is 10.1 Å². The summed E-state index contributed by atoms with van der Waals surface area (Å²) in [5.74, 6) is -0.380. The summed E-state index contributed by atoms with van der Waals surface area (Å²) in [5, 5.41) is 7.07. The average molecular weight is 402 g/mol. The van der Waals surface area contributed by atoms with E-state index in [1.807, 2.05) is 0 Å². The van der Waals surface area contributed by atoms with Crippen LogP contribution >= 0.6 is 0 Å². The fourth-order valence-electron chi connectivity index (χ4n) is 3.41. The molecule has 150 valence electrons. The number of amides is 1. The number of aromatic nitrogens is 3. The maximum Gasteiger partial charge on any atom is 0.419 e. The number of benzene rings is 1. The molecule has 0 unspecified atom stereocenters. The fourth-order valence-corrected chi connectivity index (χ4v) is 3.41. The summed E-state index contributed by atoms with van der Waals surface area (Å²) in [6.45, 7) is 0.529. The second-order valence-electron chi connectivity index (χ2n) is 6.64. The first-order valence-corrected chi connectivity index (χ1v) is 8.91. The van der Waals surface area contributed by atoms with Gasteiger partial charge in [0.2, 0.25) is 0 Å². The van der Waals surface area contributed by atoms with Gasteiger partial charge in [0, 0.05) is 31.3 Å². The van der Waals surface area contributed by atoms with Crippen molar-refractivity contribution in [1.82, 2.24) is 20.1 Å². The van der Waals surface area contributed by atoms with Gasteiger partial charge in [-0.2, -0.15) is 18.3 Å².